The highest BCUT2D eigenvalue weighted by Gasteiger charge is 2.48. The lowest BCUT2D eigenvalue weighted by molar-refractivity contribution is -0.188. The minimum atomic E-state index is -4.16. The van der Waals surface area contributed by atoms with Gasteiger partial charge in [-0.1, -0.05) is 23.7 Å². The molecule has 0 aromatic heterocycles. The minimum Gasteiger partial charge on any atom is -0.342 e. The van der Waals surface area contributed by atoms with Gasteiger partial charge in [0.05, 0.1) is 11.3 Å². The van der Waals surface area contributed by atoms with Gasteiger partial charge in [0.1, 0.15) is 0 Å². The van der Waals surface area contributed by atoms with Gasteiger partial charge >= 0.3 is 6.18 Å². The Balaban J connectivity index is 1.65. The lowest BCUT2D eigenvalue weighted by Crippen LogP contribution is -2.64. The minimum absolute atomic E-state index is 0.000304. The monoisotopic (exact) mass is 360 g/mol. The van der Waals surface area contributed by atoms with Crippen molar-refractivity contribution in [2.24, 2.45) is 11.3 Å². The summed E-state index contributed by atoms with van der Waals surface area (Å²) in [4.78, 5) is 14.5. The van der Waals surface area contributed by atoms with E-state index in [2.05, 4.69) is 5.32 Å². The maximum atomic E-state index is 12.9. The van der Waals surface area contributed by atoms with Crippen LogP contribution in [0, 0.1) is 11.3 Å². The molecule has 2 heterocycles. The van der Waals surface area contributed by atoms with Crippen LogP contribution >= 0.6 is 11.6 Å². The van der Waals surface area contributed by atoms with Crippen molar-refractivity contribution in [1.29, 1.82) is 0 Å². The zero-order chi connectivity index (χ0) is 17.4. The first-order valence-electron chi connectivity index (χ1n) is 8.11. The molecule has 132 valence electrons. The van der Waals surface area contributed by atoms with E-state index in [0.717, 1.165) is 5.56 Å². The first kappa shape index (κ1) is 17.5. The number of amides is 1. The van der Waals surface area contributed by atoms with Gasteiger partial charge in [-0.15, -0.1) is 0 Å². The first-order chi connectivity index (χ1) is 11.3. The molecule has 2 aliphatic rings. The Morgan fingerprint density at radius 2 is 1.79 bits per heavy atom. The topological polar surface area (TPSA) is 32.3 Å². The molecule has 2 fully saturated rings. The van der Waals surface area contributed by atoms with Gasteiger partial charge in [-0.25, -0.2) is 0 Å². The number of carbonyl (C=O) groups is 1. The van der Waals surface area contributed by atoms with Crippen molar-refractivity contribution < 1.29 is 18.0 Å². The van der Waals surface area contributed by atoms with Crippen LogP contribution in [0.25, 0.3) is 0 Å². The van der Waals surface area contributed by atoms with Gasteiger partial charge in [0, 0.05) is 31.2 Å². The molecule has 24 heavy (non-hydrogen) atoms. The van der Waals surface area contributed by atoms with Crippen LogP contribution < -0.4 is 5.32 Å². The zero-order valence-electron chi connectivity index (χ0n) is 13.2. The molecule has 0 unspecified atom stereocenters. The second kappa shape index (κ2) is 6.56. The number of nitrogens with one attached hydrogen (secondary N) is 1. The quantitative estimate of drug-likeness (QED) is 0.897. The second-order valence-electron chi connectivity index (χ2n) is 6.80. The number of hydrogen-bond acceptors (Lipinski definition) is 2. The highest BCUT2D eigenvalue weighted by atomic mass is 35.5. The molecule has 2 saturated heterocycles. The average molecular weight is 361 g/mol. The van der Waals surface area contributed by atoms with Crippen LogP contribution in [-0.4, -0.2) is 43.2 Å². The first-order valence-corrected chi connectivity index (χ1v) is 8.49. The van der Waals surface area contributed by atoms with Crippen molar-refractivity contribution in [3.05, 3.63) is 34.9 Å². The number of alkyl halides is 3. The molecule has 0 radical (unpaired) electrons. The van der Waals surface area contributed by atoms with E-state index in [4.69, 9.17) is 11.6 Å². The fraction of sp³-hybridized carbons (Fsp3) is 0.588. The lowest BCUT2D eigenvalue weighted by Gasteiger charge is -2.46. The molecule has 3 rings (SSSR count). The fourth-order valence-electron chi connectivity index (χ4n) is 3.52. The molecule has 1 amide bonds. The number of halogens is 4. The van der Waals surface area contributed by atoms with E-state index in [1.165, 1.54) is 0 Å². The van der Waals surface area contributed by atoms with E-state index in [1.807, 2.05) is 12.1 Å². The highest BCUT2D eigenvalue weighted by molar-refractivity contribution is 6.30. The largest absolute Gasteiger partial charge is 0.391 e. The third kappa shape index (κ3) is 3.54. The van der Waals surface area contributed by atoms with Gasteiger partial charge in [-0.3, -0.25) is 4.79 Å². The summed E-state index contributed by atoms with van der Waals surface area (Å²) in [5.41, 5.74) is 0.471. The molecule has 3 nitrogen and oxygen atoms in total. The molecule has 0 spiro atoms. The smallest absolute Gasteiger partial charge is 0.342 e. The zero-order valence-corrected chi connectivity index (χ0v) is 14.0. The van der Waals surface area contributed by atoms with Gasteiger partial charge in [0.15, 0.2) is 0 Å². The van der Waals surface area contributed by atoms with Crippen LogP contribution in [0.4, 0.5) is 13.2 Å². The summed E-state index contributed by atoms with van der Waals surface area (Å²) >= 11 is 5.89. The molecule has 0 saturated carbocycles. The van der Waals surface area contributed by atoms with E-state index in [1.54, 1.807) is 17.0 Å². The molecule has 1 aromatic carbocycles. The maximum Gasteiger partial charge on any atom is 0.391 e. The SMILES string of the molecule is O=C(N1CCC(C(F)(F)F)CC1)C1(Cc2ccc(Cl)cc2)CNC1. The second-order valence-corrected chi connectivity index (χ2v) is 7.23. The number of nitrogens with zero attached hydrogens (tertiary/aromatic N) is 1. The van der Waals surface area contributed by atoms with Crippen LogP contribution in [0.3, 0.4) is 0 Å². The Hall–Kier alpha value is -1.27. The van der Waals surface area contributed by atoms with Crippen LogP contribution in [0.2, 0.25) is 5.02 Å². The summed E-state index contributed by atoms with van der Waals surface area (Å²) < 4.78 is 38.3. The van der Waals surface area contributed by atoms with E-state index in [9.17, 15) is 18.0 Å². The van der Waals surface area contributed by atoms with E-state index >= 15 is 0 Å². The van der Waals surface area contributed by atoms with Gasteiger partial charge in [-0.2, -0.15) is 13.2 Å². The number of benzene rings is 1. The predicted octanol–water partition coefficient (Wildman–Crippen LogP) is 3.27. The lowest BCUT2D eigenvalue weighted by atomic mass is 9.74. The van der Waals surface area contributed by atoms with Gasteiger partial charge in [0.25, 0.3) is 0 Å². The molecule has 7 heteroatoms. The van der Waals surface area contributed by atoms with E-state index in [-0.39, 0.29) is 31.8 Å². The summed E-state index contributed by atoms with van der Waals surface area (Å²) in [5, 5.41) is 3.77. The summed E-state index contributed by atoms with van der Waals surface area (Å²) in [5.74, 6) is -1.31. The van der Waals surface area contributed by atoms with Crippen molar-refractivity contribution in [3.63, 3.8) is 0 Å². The molecule has 0 atom stereocenters. The standard InChI is InChI=1S/C17H20ClF3N2O/c18-14-3-1-12(2-4-14)9-16(10-22-11-16)15(24)23-7-5-13(6-8-23)17(19,20)21/h1-4,13,22H,5-11H2. The van der Waals surface area contributed by atoms with E-state index < -0.39 is 17.5 Å². The van der Waals surface area contributed by atoms with Crippen LogP contribution in [0.15, 0.2) is 24.3 Å². The molecule has 1 aromatic rings. The number of carbonyl (C=O) groups excluding carboxylic acids is 1. The molecule has 0 bridgehead atoms. The Labute approximate surface area is 144 Å². The number of hydrogen-bond donors (Lipinski definition) is 1. The van der Waals surface area contributed by atoms with Crippen molar-refractivity contribution in [3.8, 4) is 0 Å². The van der Waals surface area contributed by atoms with E-state index in [0.29, 0.717) is 24.5 Å². The van der Waals surface area contributed by atoms with Gasteiger partial charge in [0.2, 0.25) is 5.91 Å². The Bertz CT molecular complexity index is 591. The molecule has 2 aliphatic heterocycles. The summed E-state index contributed by atoms with van der Waals surface area (Å²) in [6.45, 7) is 1.50. The van der Waals surface area contributed by atoms with Crippen LogP contribution in [0.1, 0.15) is 18.4 Å². The van der Waals surface area contributed by atoms with Crippen LogP contribution in [0.5, 0.6) is 0 Å². The maximum absolute atomic E-state index is 12.9. The van der Waals surface area contributed by atoms with Crippen molar-refractivity contribution in [1.82, 2.24) is 10.2 Å². The van der Waals surface area contributed by atoms with Crippen molar-refractivity contribution >= 4 is 17.5 Å². The Morgan fingerprint density at radius 1 is 1.21 bits per heavy atom. The van der Waals surface area contributed by atoms with Crippen molar-refractivity contribution in [2.45, 2.75) is 25.4 Å². The summed E-state index contributed by atoms with van der Waals surface area (Å²) in [7, 11) is 0. The third-order valence-corrected chi connectivity index (χ3v) is 5.33. The summed E-state index contributed by atoms with van der Waals surface area (Å²) in [6, 6.07) is 7.36. The average Bonchev–Trinajstić information content (AvgIpc) is 2.51. The molecule has 0 aliphatic carbocycles. The predicted molar refractivity (Wildman–Crippen MR) is 85.8 cm³/mol. The third-order valence-electron chi connectivity index (χ3n) is 5.08. The number of likely N-dealkylation sites (tertiary alicyclic amines) is 1. The molecular formula is C17H20ClF3N2O. The van der Waals surface area contributed by atoms with Crippen molar-refractivity contribution in [2.75, 3.05) is 26.2 Å². The summed E-state index contributed by atoms with van der Waals surface area (Å²) in [6.07, 6.45) is -3.58. The normalized spacial score (nSPS) is 21.4. The highest BCUT2D eigenvalue weighted by Crippen LogP contribution is 2.37. The Kier molecular flexibility index (Phi) is 4.80. The Morgan fingerprint density at radius 3 is 2.25 bits per heavy atom. The fourth-order valence-corrected chi connectivity index (χ4v) is 3.64. The van der Waals surface area contributed by atoms with Gasteiger partial charge in [-0.05, 0) is 37.0 Å². The molecule has 1 N–H and O–H groups in total. The van der Waals surface area contributed by atoms with Gasteiger partial charge < -0.3 is 10.2 Å². The van der Waals surface area contributed by atoms with Crippen LogP contribution in [-0.2, 0) is 11.2 Å². The number of rotatable bonds is 3. The molecular weight excluding hydrogens is 341 g/mol. The number of piperidine rings is 1.